The van der Waals surface area contributed by atoms with Crippen molar-refractivity contribution in [2.45, 2.75) is 24.9 Å². The Morgan fingerprint density at radius 1 is 1.24 bits per heavy atom. The van der Waals surface area contributed by atoms with Gasteiger partial charge in [-0.2, -0.15) is 0 Å². The van der Waals surface area contributed by atoms with Crippen molar-refractivity contribution in [3.8, 4) is 0 Å². The molecule has 0 aliphatic carbocycles. The number of nitrogens with zero attached hydrogens (tertiary/aromatic N) is 1. The second-order valence-electron chi connectivity index (χ2n) is 4.85. The molecule has 0 aromatic heterocycles. The second-order valence-corrected chi connectivity index (χ2v) is 4.85. The molecule has 17 heavy (non-hydrogen) atoms. The highest BCUT2D eigenvalue weighted by atomic mass is 16.2. The number of anilines is 1. The van der Waals surface area contributed by atoms with Crippen LogP contribution in [0.25, 0.3) is 0 Å². The lowest BCUT2D eigenvalue weighted by molar-refractivity contribution is -0.121. The Bertz CT molecular complexity index is 438. The van der Waals surface area contributed by atoms with Crippen molar-refractivity contribution in [1.82, 2.24) is 4.90 Å². The summed E-state index contributed by atoms with van der Waals surface area (Å²) in [5.74, 6) is 0.0988. The van der Waals surface area contributed by atoms with Crippen LogP contribution in [0.4, 0.5) is 5.69 Å². The van der Waals surface area contributed by atoms with Gasteiger partial charge in [-0.25, -0.2) is 0 Å². The molecule has 0 saturated carbocycles. The number of carbonyl (C=O) groups excluding carboxylic acids is 1. The smallest absolute Gasteiger partial charge is 0.246 e. The summed E-state index contributed by atoms with van der Waals surface area (Å²) >= 11 is 0. The Hall–Kier alpha value is -1.39. The van der Waals surface area contributed by atoms with Gasteiger partial charge in [-0.15, -0.1) is 0 Å². The van der Waals surface area contributed by atoms with E-state index in [9.17, 15) is 4.79 Å². The third-order valence-corrected chi connectivity index (χ3v) is 3.70. The highest BCUT2D eigenvalue weighted by Gasteiger charge is 2.36. The maximum absolute atomic E-state index is 12.0. The first-order valence-electron chi connectivity index (χ1n) is 6.15. The second kappa shape index (κ2) is 4.13. The van der Waals surface area contributed by atoms with Crippen LogP contribution in [0.15, 0.2) is 24.3 Å². The molecule has 0 spiro atoms. The van der Waals surface area contributed by atoms with E-state index in [0.717, 1.165) is 37.2 Å². The molecule has 0 radical (unpaired) electrons. The predicted octanol–water partition coefficient (Wildman–Crippen LogP) is 1.10. The number of benzene rings is 1. The quantitative estimate of drug-likeness (QED) is 0.761. The first kappa shape index (κ1) is 10.7. The largest absolute Gasteiger partial charge is 0.328 e. The van der Waals surface area contributed by atoms with Crippen LogP contribution in [-0.2, 0) is 4.79 Å². The highest BCUT2D eigenvalue weighted by Crippen LogP contribution is 2.35. The molecular formula is C13H17N3O. The van der Waals surface area contributed by atoms with Crippen LogP contribution in [0, 0.1) is 0 Å². The van der Waals surface area contributed by atoms with E-state index in [2.05, 4.69) is 10.2 Å². The topological polar surface area (TPSA) is 58.4 Å². The molecule has 1 unspecified atom stereocenters. The van der Waals surface area contributed by atoms with E-state index in [1.807, 2.05) is 24.3 Å². The van der Waals surface area contributed by atoms with Gasteiger partial charge in [-0.05, 0) is 18.9 Å². The molecular weight excluding hydrogens is 214 g/mol. The van der Waals surface area contributed by atoms with Gasteiger partial charge in [0, 0.05) is 30.4 Å². The minimum atomic E-state index is -0.112. The number of likely N-dealkylation sites (tertiary alicyclic amines) is 1. The molecule has 3 N–H and O–H groups in total. The minimum absolute atomic E-state index is 0.0988. The van der Waals surface area contributed by atoms with Gasteiger partial charge >= 0.3 is 0 Å². The lowest BCUT2D eigenvalue weighted by Crippen LogP contribution is -2.43. The van der Waals surface area contributed by atoms with Crippen molar-refractivity contribution in [2.75, 3.05) is 18.4 Å². The Morgan fingerprint density at radius 3 is 2.71 bits per heavy atom. The minimum Gasteiger partial charge on any atom is -0.328 e. The molecule has 0 bridgehead atoms. The third-order valence-electron chi connectivity index (χ3n) is 3.70. The van der Waals surface area contributed by atoms with Crippen molar-refractivity contribution in [3.05, 3.63) is 29.8 Å². The third kappa shape index (κ3) is 1.83. The fourth-order valence-corrected chi connectivity index (χ4v) is 2.73. The van der Waals surface area contributed by atoms with Crippen molar-refractivity contribution in [1.29, 1.82) is 0 Å². The predicted molar refractivity (Wildman–Crippen MR) is 66.6 cm³/mol. The van der Waals surface area contributed by atoms with Crippen LogP contribution in [-0.4, -0.2) is 29.9 Å². The molecule has 2 aliphatic heterocycles. The number of nitrogens with two attached hydrogens (primary N) is 1. The number of hydrogen-bond donors (Lipinski definition) is 2. The van der Waals surface area contributed by atoms with Crippen LogP contribution in [0.3, 0.4) is 0 Å². The van der Waals surface area contributed by atoms with Gasteiger partial charge in [0.2, 0.25) is 5.91 Å². The molecule has 1 aromatic rings. The molecule has 4 nitrogen and oxygen atoms in total. The molecule has 4 heteroatoms. The van der Waals surface area contributed by atoms with E-state index < -0.39 is 0 Å². The summed E-state index contributed by atoms with van der Waals surface area (Å²) < 4.78 is 0. The van der Waals surface area contributed by atoms with E-state index in [1.54, 1.807) is 0 Å². The fraction of sp³-hybridized carbons (Fsp3) is 0.462. The number of para-hydroxylation sites is 1. The molecule has 1 saturated heterocycles. The van der Waals surface area contributed by atoms with Gasteiger partial charge in [-0.1, -0.05) is 18.2 Å². The summed E-state index contributed by atoms with van der Waals surface area (Å²) in [6.45, 7) is 1.82. The molecule has 2 aliphatic rings. The molecule has 1 atom stereocenters. The van der Waals surface area contributed by atoms with Crippen molar-refractivity contribution < 1.29 is 4.79 Å². The van der Waals surface area contributed by atoms with Gasteiger partial charge in [-0.3, -0.25) is 9.69 Å². The van der Waals surface area contributed by atoms with Crippen LogP contribution < -0.4 is 11.1 Å². The van der Waals surface area contributed by atoms with E-state index >= 15 is 0 Å². The Balaban J connectivity index is 1.86. The molecule has 1 amide bonds. The van der Waals surface area contributed by atoms with Gasteiger partial charge in [0.15, 0.2) is 0 Å². The van der Waals surface area contributed by atoms with Gasteiger partial charge in [0.1, 0.15) is 6.04 Å². The van der Waals surface area contributed by atoms with Crippen LogP contribution in [0.1, 0.15) is 24.4 Å². The number of rotatable bonds is 1. The molecule has 90 valence electrons. The van der Waals surface area contributed by atoms with Crippen LogP contribution >= 0.6 is 0 Å². The lowest BCUT2D eigenvalue weighted by atomic mass is 10.0. The Morgan fingerprint density at radius 2 is 1.94 bits per heavy atom. The Kier molecular flexibility index (Phi) is 2.61. The Labute approximate surface area is 101 Å². The number of nitrogens with one attached hydrogen (secondary N) is 1. The van der Waals surface area contributed by atoms with E-state index in [0.29, 0.717) is 6.04 Å². The van der Waals surface area contributed by atoms with E-state index in [4.69, 9.17) is 5.73 Å². The van der Waals surface area contributed by atoms with Gasteiger partial charge in [0.25, 0.3) is 0 Å². The molecule has 3 rings (SSSR count). The fourth-order valence-electron chi connectivity index (χ4n) is 2.73. The monoisotopic (exact) mass is 231 g/mol. The average molecular weight is 231 g/mol. The summed E-state index contributed by atoms with van der Waals surface area (Å²) in [6.07, 6.45) is 1.96. The zero-order valence-electron chi connectivity index (χ0n) is 9.73. The molecule has 1 fully saturated rings. The first-order chi connectivity index (χ1) is 8.25. The lowest BCUT2D eigenvalue weighted by Gasteiger charge is -2.33. The zero-order valence-corrected chi connectivity index (χ0v) is 9.73. The SMILES string of the molecule is NC1CCN(C2C(=O)Nc3ccccc32)CC1. The highest BCUT2D eigenvalue weighted by molar-refractivity contribution is 6.02. The van der Waals surface area contributed by atoms with Crippen LogP contribution in [0.2, 0.25) is 0 Å². The molecule has 2 heterocycles. The number of piperidine rings is 1. The normalized spacial score (nSPS) is 25.7. The number of fused-ring (bicyclic) bond motifs is 1. The van der Waals surface area contributed by atoms with Gasteiger partial charge in [0.05, 0.1) is 0 Å². The van der Waals surface area contributed by atoms with Crippen LogP contribution in [0.5, 0.6) is 0 Å². The van der Waals surface area contributed by atoms with Crippen molar-refractivity contribution >= 4 is 11.6 Å². The number of amides is 1. The number of hydrogen-bond acceptors (Lipinski definition) is 3. The first-order valence-corrected chi connectivity index (χ1v) is 6.15. The van der Waals surface area contributed by atoms with E-state index in [-0.39, 0.29) is 11.9 Å². The average Bonchev–Trinajstić information content (AvgIpc) is 2.66. The maximum Gasteiger partial charge on any atom is 0.246 e. The van der Waals surface area contributed by atoms with Gasteiger partial charge < -0.3 is 11.1 Å². The number of carbonyl (C=O) groups is 1. The summed E-state index contributed by atoms with van der Waals surface area (Å²) in [6, 6.07) is 8.12. The van der Waals surface area contributed by atoms with Crippen molar-refractivity contribution in [3.63, 3.8) is 0 Å². The van der Waals surface area contributed by atoms with Crippen molar-refractivity contribution in [2.24, 2.45) is 5.73 Å². The summed E-state index contributed by atoms with van der Waals surface area (Å²) in [4.78, 5) is 14.3. The molecule has 1 aromatic carbocycles. The van der Waals surface area contributed by atoms with E-state index in [1.165, 1.54) is 0 Å². The maximum atomic E-state index is 12.0. The summed E-state index contributed by atoms with van der Waals surface area (Å²) in [5, 5.41) is 2.94. The summed E-state index contributed by atoms with van der Waals surface area (Å²) in [5.41, 5.74) is 7.96. The standard InChI is InChI=1S/C13H17N3O/c14-9-5-7-16(8-6-9)12-10-3-1-2-4-11(10)15-13(12)17/h1-4,9,12H,5-8,14H2,(H,15,17). The zero-order chi connectivity index (χ0) is 11.8. The summed E-state index contributed by atoms with van der Waals surface area (Å²) in [7, 11) is 0.